The van der Waals surface area contributed by atoms with E-state index >= 15 is 0 Å². The van der Waals surface area contributed by atoms with Crippen molar-refractivity contribution in [1.82, 2.24) is 5.32 Å². The number of hydrogen-bond donors (Lipinski definition) is 1. The highest BCUT2D eigenvalue weighted by molar-refractivity contribution is 4.85. The largest absolute Gasteiger partial charge is 0.314 e. The van der Waals surface area contributed by atoms with Crippen molar-refractivity contribution in [2.75, 3.05) is 6.54 Å². The van der Waals surface area contributed by atoms with Crippen LogP contribution in [-0.4, -0.2) is 18.5 Å². The lowest BCUT2D eigenvalue weighted by Gasteiger charge is -2.35. The van der Waals surface area contributed by atoms with Gasteiger partial charge in [-0.2, -0.15) is 0 Å². The molecule has 2 atom stereocenters. The number of rotatable bonds is 7. The Kier molecular flexibility index (Phi) is 6.54. The quantitative estimate of drug-likeness (QED) is 0.705. The zero-order valence-corrected chi connectivity index (χ0v) is 12.1. The van der Waals surface area contributed by atoms with Gasteiger partial charge in [0.25, 0.3) is 0 Å². The first-order valence-electron chi connectivity index (χ1n) is 7.59. The molecule has 0 aromatic rings. The van der Waals surface area contributed by atoms with E-state index < -0.39 is 5.92 Å². The Morgan fingerprint density at radius 1 is 1.22 bits per heavy atom. The summed E-state index contributed by atoms with van der Waals surface area (Å²) in [4.78, 5) is 0. The monoisotopic (exact) mass is 261 g/mol. The predicted molar refractivity (Wildman–Crippen MR) is 73.1 cm³/mol. The molecule has 2 unspecified atom stereocenters. The Bertz CT molecular complexity index is 221. The molecule has 1 saturated carbocycles. The minimum Gasteiger partial charge on any atom is -0.314 e. The van der Waals surface area contributed by atoms with Gasteiger partial charge in [0.1, 0.15) is 0 Å². The highest BCUT2D eigenvalue weighted by Crippen LogP contribution is 2.38. The molecule has 1 N–H and O–H groups in total. The van der Waals surface area contributed by atoms with Crippen LogP contribution in [0.4, 0.5) is 8.78 Å². The highest BCUT2D eigenvalue weighted by Gasteiger charge is 2.37. The molecular formula is C15H29F2N. The van der Waals surface area contributed by atoms with Crippen LogP contribution in [0.25, 0.3) is 0 Å². The second-order valence-corrected chi connectivity index (χ2v) is 6.00. The van der Waals surface area contributed by atoms with Gasteiger partial charge in [-0.3, -0.25) is 0 Å². The molecule has 0 bridgehead atoms. The molecule has 0 aromatic heterocycles. The van der Waals surface area contributed by atoms with Crippen LogP contribution in [0.2, 0.25) is 0 Å². The number of alkyl halides is 2. The second-order valence-electron chi connectivity index (χ2n) is 6.00. The van der Waals surface area contributed by atoms with Gasteiger partial charge < -0.3 is 5.32 Å². The Labute approximate surface area is 111 Å². The standard InChI is InChI=1S/C15H29F2N/c1-4-10-18-14(11-12(3)5-2)13-6-8-15(16,17)9-7-13/h12-14,18H,4-11H2,1-3H3. The van der Waals surface area contributed by atoms with E-state index in [9.17, 15) is 8.78 Å². The molecular weight excluding hydrogens is 232 g/mol. The van der Waals surface area contributed by atoms with E-state index in [1.807, 2.05) is 0 Å². The molecule has 0 aromatic carbocycles. The van der Waals surface area contributed by atoms with Crippen molar-refractivity contribution in [3.8, 4) is 0 Å². The van der Waals surface area contributed by atoms with E-state index in [0.717, 1.165) is 19.4 Å². The van der Waals surface area contributed by atoms with Crippen LogP contribution >= 0.6 is 0 Å². The molecule has 18 heavy (non-hydrogen) atoms. The smallest absolute Gasteiger partial charge is 0.248 e. The summed E-state index contributed by atoms with van der Waals surface area (Å²) in [6.07, 6.45) is 4.96. The number of halogens is 2. The van der Waals surface area contributed by atoms with E-state index in [1.54, 1.807) is 0 Å². The molecule has 0 spiro atoms. The predicted octanol–water partition coefficient (Wildman–Crippen LogP) is 4.62. The molecule has 1 nitrogen and oxygen atoms in total. The lowest BCUT2D eigenvalue weighted by molar-refractivity contribution is -0.0503. The van der Waals surface area contributed by atoms with Crippen molar-refractivity contribution in [3.05, 3.63) is 0 Å². The fourth-order valence-electron chi connectivity index (χ4n) is 2.84. The van der Waals surface area contributed by atoms with Gasteiger partial charge in [-0.15, -0.1) is 0 Å². The molecule has 0 heterocycles. The van der Waals surface area contributed by atoms with Gasteiger partial charge in [0, 0.05) is 18.9 Å². The third-order valence-corrected chi connectivity index (χ3v) is 4.34. The van der Waals surface area contributed by atoms with E-state index in [4.69, 9.17) is 0 Å². The Hall–Kier alpha value is -0.180. The lowest BCUT2D eigenvalue weighted by atomic mass is 9.79. The van der Waals surface area contributed by atoms with E-state index in [1.165, 1.54) is 6.42 Å². The summed E-state index contributed by atoms with van der Waals surface area (Å²) in [5.74, 6) is -1.27. The van der Waals surface area contributed by atoms with Crippen molar-refractivity contribution in [3.63, 3.8) is 0 Å². The van der Waals surface area contributed by atoms with Crippen molar-refractivity contribution in [2.24, 2.45) is 11.8 Å². The SMILES string of the molecule is CCCNC(CC(C)CC)C1CCC(F)(F)CC1. The molecule has 1 rings (SSSR count). The minimum absolute atomic E-state index is 0.0858. The van der Waals surface area contributed by atoms with Crippen molar-refractivity contribution in [1.29, 1.82) is 0 Å². The maximum atomic E-state index is 13.2. The fraction of sp³-hybridized carbons (Fsp3) is 1.00. The zero-order chi connectivity index (χ0) is 13.6. The van der Waals surface area contributed by atoms with Crippen LogP contribution < -0.4 is 5.32 Å². The summed E-state index contributed by atoms with van der Waals surface area (Å²) < 4.78 is 26.4. The first-order valence-corrected chi connectivity index (χ1v) is 7.59. The van der Waals surface area contributed by atoms with Crippen LogP contribution in [0, 0.1) is 11.8 Å². The van der Waals surface area contributed by atoms with Gasteiger partial charge in [-0.1, -0.05) is 27.2 Å². The maximum absolute atomic E-state index is 13.2. The molecule has 0 saturated heterocycles. The van der Waals surface area contributed by atoms with Gasteiger partial charge in [0.15, 0.2) is 0 Å². The summed E-state index contributed by atoms with van der Waals surface area (Å²) in [6, 6.07) is 0.441. The normalized spacial score (nSPS) is 23.8. The van der Waals surface area contributed by atoms with Crippen LogP contribution in [0.5, 0.6) is 0 Å². The van der Waals surface area contributed by atoms with Gasteiger partial charge in [0.2, 0.25) is 5.92 Å². The van der Waals surface area contributed by atoms with Crippen LogP contribution in [0.3, 0.4) is 0 Å². The van der Waals surface area contributed by atoms with Gasteiger partial charge in [-0.25, -0.2) is 8.78 Å². The van der Waals surface area contributed by atoms with E-state index in [0.29, 0.717) is 30.7 Å². The van der Waals surface area contributed by atoms with Crippen molar-refractivity contribution < 1.29 is 8.78 Å². The first-order chi connectivity index (χ1) is 8.48. The molecule has 108 valence electrons. The fourth-order valence-corrected chi connectivity index (χ4v) is 2.84. The van der Waals surface area contributed by atoms with Crippen molar-refractivity contribution >= 4 is 0 Å². The second kappa shape index (κ2) is 7.42. The molecule has 1 aliphatic rings. The zero-order valence-electron chi connectivity index (χ0n) is 12.1. The molecule has 3 heteroatoms. The van der Waals surface area contributed by atoms with Gasteiger partial charge >= 0.3 is 0 Å². The summed E-state index contributed by atoms with van der Waals surface area (Å²) in [5, 5.41) is 3.59. The Morgan fingerprint density at radius 3 is 2.33 bits per heavy atom. The Balaban J connectivity index is 2.48. The van der Waals surface area contributed by atoms with Crippen molar-refractivity contribution in [2.45, 2.75) is 77.7 Å². The highest BCUT2D eigenvalue weighted by atomic mass is 19.3. The molecule has 1 aliphatic carbocycles. The summed E-state index contributed by atoms with van der Waals surface area (Å²) >= 11 is 0. The first kappa shape index (κ1) is 15.9. The Morgan fingerprint density at radius 2 is 1.83 bits per heavy atom. The third-order valence-electron chi connectivity index (χ3n) is 4.34. The van der Waals surface area contributed by atoms with E-state index in [-0.39, 0.29) is 12.8 Å². The summed E-state index contributed by atoms with van der Waals surface area (Å²) in [7, 11) is 0. The van der Waals surface area contributed by atoms with Gasteiger partial charge in [-0.05, 0) is 44.1 Å². The number of nitrogens with one attached hydrogen (secondary N) is 1. The number of hydrogen-bond acceptors (Lipinski definition) is 1. The lowest BCUT2D eigenvalue weighted by Crippen LogP contribution is -2.41. The van der Waals surface area contributed by atoms with Crippen LogP contribution in [-0.2, 0) is 0 Å². The molecule has 0 aliphatic heterocycles. The molecule has 0 radical (unpaired) electrons. The maximum Gasteiger partial charge on any atom is 0.248 e. The van der Waals surface area contributed by atoms with Crippen LogP contribution in [0.15, 0.2) is 0 Å². The average Bonchev–Trinajstić information content (AvgIpc) is 2.34. The third kappa shape index (κ3) is 5.21. The van der Waals surface area contributed by atoms with E-state index in [2.05, 4.69) is 26.1 Å². The minimum atomic E-state index is -2.40. The summed E-state index contributed by atoms with van der Waals surface area (Å²) in [6.45, 7) is 7.63. The van der Waals surface area contributed by atoms with Gasteiger partial charge in [0.05, 0.1) is 0 Å². The summed E-state index contributed by atoms with van der Waals surface area (Å²) in [5.41, 5.74) is 0. The molecule has 1 fully saturated rings. The topological polar surface area (TPSA) is 12.0 Å². The molecule has 0 amide bonds. The average molecular weight is 261 g/mol. The van der Waals surface area contributed by atoms with Crippen LogP contribution in [0.1, 0.15) is 65.7 Å².